The molecule has 0 aromatic heterocycles. The van der Waals surface area contributed by atoms with Gasteiger partial charge in [0.25, 0.3) is 0 Å². The zero-order valence-corrected chi connectivity index (χ0v) is 6.47. The highest BCUT2D eigenvalue weighted by molar-refractivity contribution is 5.76. The van der Waals surface area contributed by atoms with E-state index in [0.29, 0.717) is 19.6 Å². The maximum Gasteiger partial charge on any atom is 0.326 e. The number of hydrogen-bond acceptors (Lipinski definition) is 3. The second-order valence-electron chi connectivity index (χ2n) is 2.49. The van der Waals surface area contributed by atoms with Gasteiger partial charge in [-0.15, -0.1) is 0 Å². The largest absolute Gasteiger partial charge is 0.465 e. The fraction of sp³-hybridized carbons (Fsp3) is 0.857. The molecule has 3 nitrogen and oxygen atoms in total. The number of hydrogen-bond donors (Lipinski definition) is 1. The Balaban J connectivity index is 2.39. The molecule has 0 aromatic rings. The van der Waals surface area contributed by atoms with Gasteiger partial charge in [-0.1, -0.05) is 0 Å². The molecule has 4 heteroatoms. The number of carbonyl (C=O) groups excluding carboxylic acids is 1. The van der Waals surface area contributed by atoms with Gasteiger partial charge in [-0.3, -0.25) is 4.79 Å². The van der Waals surface area contributed by atoms with Gasteiger partial charge in [-0.2, -0.15) is 0 Å². The van der Waals surface area contributed by atoms with Gasteiger partial charge >= 0.3 is 5.97 Å². The van der Waals surface area contributed by atoms with Gasteiger partial charge in [0.15, 0.2) is 0 Å². The molecule has 1 fully saturated rings. The van der Waals surface area contributed by atoms with E-state index in [1.807, 2.05) is 0 Å². The van der Waals surface area contributed by atoms with Crippen molar-refractivity contribution >= 4 is 5.97 Å². The van der Waals surface area contributed by atoms with Crippen molar-refractivity contribution in [1.82, 2.24) is 5.32 Å². The molecule has 1 aliphatic heterocycles. The van der Waals surface area contributed by atoms with Gasteiger partial charge < -0.3 is 10.1 Å². The minimum atomic E-state index is -1.07. The van der Waals surface area contributed by atoms with Crippen LogP contribution in [0.15, 0.2) is 0 Å². The fourth-order valence-corrected chi connectivity index (χ4v) is 1.13. The molecular formula is C7H12FNO2. The quantitative estimate of drug-likeness (QED) is 0.590. The lowest BCUT2D eigenvalue weighted by Crippen LogP contribution is -2.38. The van der Waals surface area contributed by atoms with Gasteiger partial charge in [0.05, 0.1) is 6.61 Å². The zero-order valence-electron chi connectivity index (χ0n) is 6.47. The molecular weight excluding hydrogens is 149 g/mol. The molecule has 1 rings (SSSR count). The van der Waals surface area contributed by atoms with Crippen molar-refractivity contribution in [2.45, 2.75) is 25.6 Å². The average Bonchev–Trinajstić information content (AvgIpc) is 2.36. The average molecular weight is 161 g/mol. The van der Waals surface area contributed by atoms with E-state index in [9.17, 15) is 9.18 Å². The van der Waals surface area contributed by atoms with Crippen LogP contribution in [0.2, 0.25) is 0 Å². The lowest BCUT2D eigenvalue weighted by Gasteiger charge is -2.10. The highest BCUT2D eigenvalue weighted by Crippen LogP contribution is 2.11. The molecule has 0 aromatic carbocycles. The third-order valence-corrected chi connectivity index (χ3v) is 1.69. The van der Waals surface area contributed by atoms with Crippen LogP contribution in [0.4, 0.5) is 4.39 Å². The van der Waals surface area contributed by atoms with Crippen molar-refractivity contribution in [3.63, 3.8) is 0 Å². The molecule has 1 aliphatic rings. The van der Waals surface area contributed by atoms with Crippen LogP contribution in [0.1, 0.15) is 13.3 Å². The van der Waals surface area contributed by atoms with Crippen LogP contribution in [0.25, 0.3) is 0 Å². The van der Waals surface area contributed by atoms with E-state index in [1.165, 1.54) is 0 Å². The van der Waals surface area contributed by atoms with Crippen LogP contribution in [0, 0.1) is 0 Å². The SMILES string of the molecule is CCOC(=O)C1NCCC1F. The summed E-state index contributed by atoms with van der Waals surface area (Å²) in [7, 11) is 0. The first-order chi connectivity index (χ1) is 5.25. The maximum atomic E-state index is 12.8. The molecule has 1 N–H and O–H groups in total. The van der Waals surface area contributed by atoms with Gasteiger partial charge in [-0.25, -0.2) is 4.39 Å². The monoisotopic (exact) mass is 161 g/mol. The molecule has 64 valence electrons. The number of nitrogens with one attached hydrogen (secondary N) is 1. The molecule has 0 bridgehead atoms. The maximum absolute atomic E-state index is 12.8. The van der Waals surface area contributed by atoms with Crippen LogP contribution in [-0.4, -0.2) is 31.3 Å². The molecule has 0 radical (unpaired) electrons. The Morgan fingerprint density at radius 1 is 1.82 bits per heavy atom. The van der Waals surface area contributed by atoms with E-state index in [1.54, 1.807) is 6.92 Å². The third kappa shape index (κ3) is 1.89. The Morgan fingerprint density at radius 3 is 3.00 bits per heavy atom. The summed E-state index contributed by atoms with van der Waals surface area (Å²) >= 11 is 0. The smallest absolute Gasteiger partial charge is 0.326 e. The van der Waals surface area contributed by atoms with Crippen molar-refractivity contribution in [2.75, 3.05) is 13.2 Å². The van der Waals surface area contributed by atoms with E-state index >= 15 is 0 Å². The Kier molecular flexibility index (Phi) is 2.82. The fourth-order valence-electron chi connectivity index (χ4n) is 1.13. The van der Waals surface area contributed by atoms with Crippen molar-refractivity contribution in [2.24, 2.45) is 0 Å². The normalized spacial score (nSPS) is 30.4. The van der Waals surface area contributed by atoms with Crippen molar-refractivity contribution in [1.29, 1.82) is 0 Å². The number of carbonyl (C=O) groups is 1. The van der Waals surface area contributed by atoms with E-state index in [4.69, 9.17) is 0 Å². The van der Waals surface area contributed by atoms with Crippen molar-refractivity contribution in [3.8, 4) is 0 Å². The summed E-state index contributed by atoms with van der Waals surface area (Å²) in [6.07, 6.45) is -0.669. The van der Waals surface area contributed by atoms with Crippen molar-refractivity contribution < 1.29 is 13.9 Å². The van der Waals surface area contributed by atoms with Crippen LogP contribution >= 0.6 is 0 Å². The summed E-state index contributed by atoms with van der Waals surface area (Å²) in [6, 6.07) is -0.727. The number of ether oxygens (including phenoxy) is 1. The predicted octanol–water partition coefficient (Wildman–Crippen LogP) is 0.250. The minimum Gasteiger partial charge on any atom is -0.465 e. The lowest BCUT2D eigenvalue weighted by atomic mass is 10.2. The molecule has 0 aliphatic carbocycles. The molecule has 11 heavy (non-hydrogen) atoms. The second-order valence-corrected chi connectivity index (χ2v) is 2.49. The molecule has 1 saturated heterocycles. The van der Waals surface area contributed by atoms with Crippen LogP contribution in [0.5, 0.6) is 0 Å². The van der Waals surface area contributed by atoms with E-state index in [0.717, 1.165) is 0 Å². The standard InChI is InChI=1S/C7H12FNO2/c1-2-11-7(10)6-5(8)3-4-9-6/h5-6,9H,2-4H2,1H3. The van der Waals surface area contributed by atoms with E-state index in [-0.39, 0.29) is 0 Å². The first kappa shape index (κ1) is 8.46. The third-order valence-electron chi connectivity index (χ3n) is 1.69. The predicted molar refractivity (Wildman–Crippen MR) is 37.9 cm³/mol. The summed E-state index contributed by atoms with van der Waals surface area (Å²) in [6.45, 7) is 2.58. The Bertz CT molecular complexity index is 151. The van der Waals surface area contributed by atoms with E-state index in [2.05, 4.69) is 10.1 Å². The van der Waals surface area contributed by atoms with Gasteiger partial charge in [0, 0.05) is 0 Å². The first-order valence-electron chi connectivity index (χ1n) is 3.79. The van der Waals surface area contributed by atoms with Crippen LogP contribution < -0.4 is 5.32 Å². The summed E-state index contributed by atoms with van der Waals surface area (Å²) < 4.78 is 17.5. The molecule has 0 amide bonds. The molecule has 2 atom stereocenters. The Labute approximate surface area is 64.9 Å². The highest BCUT2D eigenvalue weighted by atomic mass is 19.1. The number of esters is 1. The Hall–Kier alpha value is -0.640. The first-order valence-corrected chi connectivity index (χ1v) is 3.79. The molecule has 1 heterocycles. The number of rotatable bonds is 2. The van der Waals surface area contributed by atoms with Crippen molar-refractivity contribution in [3.05, 3.63) is 0 Å². The Morgan fingerprint density at radius 2 is 2.55 bits per heavy atom. The van der Waals surface area contributed by atoms with Gasteiger partial charge in [-0.05, 0) is 19.9 Å². The van der Waals surface area contributed by atoms with Crippen LogP contribution in [0.3, 0.4) is 0 Å². The lowest BCUT2D eigenvalue weighted by molar-refractivity contribution is -0.146. The van der Waals surface area contributed by atoms with Gasteiger partial charge in [0.2, 0.25) is 0 Å². The second kappa shape index (κ2) is 3.67. The summed E-state index contributed by atoms with van der Waals surface area (Å²) in [5.41, 5.74) is 0. The van der Waals surface area contributed by atoms with E-state index < -0.39 is 18.2 Å². The summed E-state index contributed by atoms with van der Waals surface area (Å²) in [5.74, 6) is -0.475. The minimum absolute atomic E-state index is 0.309. The molecule has 0 saturated carbocycles. The molecule has 2 unspecified atom stereocenters. The zero-order chi connectivity index (χ0) is 8.27. The topological polar surface area (TPSA) is 38.3 Å². The number of alkyl halides is 1. The highest BCUT2D eigenvalue weighted by Gasteiger charge is 2.33. The van der Waals surface area contributed by atoms with Gasteiger partial charge in [0.1, 0.15) is 12.2 Å². The molecule has 0 spiro atoms. The summed E-state index contributed by atoms with van der Waals surface area (Å²) in [5, 5.41) is 2.74. The summed E-state index contributed by atoms with van der Waals surface area (Å²) in [4.78, 5) is 10.9. The number of halogens is 1. The van der Waals surface area contributed by atoms with Crippen LogP contribution in [-0.2, 0) is 9.53 Å².